The minimum atomic E-state index is -1.31. The van der Waals surface area contributed by atoms with Crippen molar-refractivity contribution in [3.8, 4) is 0 Å². The Morgan fingerprint density at radius 3 is 2.40 bits per heavy atom. The zero-order valence-corrected chi connectivity index (χ0v) is 15.0. The minimum Gasteiger partial charge on any atom is -0.452 e. The largest absolute Gasteiger partial charge is 0.452 e. The van der Waals surface area contributed by atoms with Gasteiger partial charge in [-0.2, -0.15) is 0 Å². The second-order valence-corrected chi connectivity index (χ2v) is 6.99. The van der Waals surface area contributed by atoms with Crippen LogP contribution < -0.4 is 5.32 Å². The van der Waals surface area contributed by atoms with Crippen molar-refractivity contribution in [3.05, 3.63) is 65.7 Å². The maximum Gasteiger partial charge on any atom is 0.339 e. The Kier molecular flexibility index (Phi) is 6.89. The number of carbonyl (C=O) groups excluding carboxylic acids is 2. The zero-order chi connectivity index (χ0) is 18.2. The molecule has 25 heavy (non-hydrogen) atoms. The second kappa shape index (κ2) is 9.13. The molecule has 6 heteroatoms. The van der Waals surface area contributed by atoms with Gasteiger partial charge in [-0.3, -0.25) is 9.00 Å². The lowest BCUT2D eigenvalue weighted by molar-refractivity contribution is -0.124. The quantitative estimate of drug-likeness (QED) is 0.771. The first-order chi connectivity index (χ1) is 12.0. The topological polar surface area (TPSA) is 72.5 Å². The van der Waals surface area contributed by atoms with E-state index in [0.29, 0.717) is 11.4 Å². The van der Waals surface area contributed by atoms with Crippen LogP contribution >= 0.6 is 0 Å². The summed E-state index contributed by atoms with van der Waals surface area (Å²) < 4.78 is 16.7. The third-order valence-electron chi connectivity index (χ3n) is 3.73. The average molecular weight is 359 g/mol. The van der Waals surface area contributed by atoms with Gasteiger partial charge in [0.1, 0.15) is 0 Å². The van der Waals surface area contributed by atoms with Crippen molar-refractivity contribution in [2.45, 2.75) is 17.7 Å². The molecule has 2 aromatic carbocycles. The van der Waals surface area contributed by atoms with Gasteiger partial charge in [0.15, 0.2) is 6.61 Å². The van der Waals surface area contributed by atoms with Crippen LogP contribution in [0.2, 0.25) is 0 Å². The van der Waals surface area contributed by atoms with E-state index in [-0.39, 0.29) is 24.0 Å². The van der Waals surface area contributed by atoms with Crippen LogP contribution in [-0.4, -0.2) is 35.5 Å². The Morgan fingerprint density at radius 2 is 1.72 bits per heavy atom. The number of esters is 1. The molecule has 0 bridgehead atoms. The number of rotatable bonds is 7. The molecule has 0 aliphatic rings. The predicted octanol–water partition coefficient (Wildman–Crippen LogP) is 2.50. The molecule has 0 spiro atoms. The Morgan fingerprint density at radius 1 is 1.08 bits per heavy atom. The first-order valence-electron chi connectivity index (χ1n) is 7.90. The van der Waals surface area contributed by atoms with Gasteiger partial charge in [0.2, 0.25) is 0 Å². The minimum absolute atomic E-state index is 0.157. The molecule has 0 unspecified atom stereocenters. The highest BCUT2D eigenvalue weighted by Crippen LogP contribution is 2.14. The molecule has 2 aromatic rings. The third kappa shape index (κ3) is 5.53. The van der Waals surface area contributed by atoms with Gasteiger partial charge < -0.3 is 10.1 Å². The molecule has 5 nitrogen and oxygen atoms in total. The summed E-state index contributed by atoms with van der Waals surface area (Å²) in [4.78, 5) is 24.4. The van der Waals surface area contributed by atoms with Crippen molar-refractivity contribution >= 4 is 22.7 Å². The summed E-state index contributed by atoms with van der Waals surface area (Å²) in [6.07, 6.45) is 1.49. The number of ether oxygens (including phenoxy) is 1. The standard InChI is InChI=1S/C19H21NO4S/c1-14(15-8-4-3-5-9-15)12-20-18(21)13-24-19(22)16-10-6-7-11-17(16)25(2)23/h3-11,14H,12-13H2,1-2H3,(H,20,21)/t14-,25+/m1/s1. The van der Waals surface area contributed by atoms with Crippen LogP contribution in [-0.2, 0) is 20.3 Å². The van der Waals surface area contributed by atoms with E-state index in [1.807, 2.05) is 37.3 Å². The summed E-state index contributed by atoms with van der Waals surface area (Å²) in [5.74, 6) is -0.868. The first kappa shape index (κ1) is 18.9. The Bertz CT molecular complexity index is 761. The number of hydrogen-bond acceptors (Lipinski definition) is 4. The number of carbonyl (C=O) groups is 2. The van der Waals surface area contributed by atoms with Crippen LogP contribution in [0.15, 0.2) is 59.5 Å². The van der Waals surface area contributed by atoms with Crippen molar-refractivity contribution in [1.82, 2.24) is 5.32 Å². The van der Waals surface area contributed by atoms with Gasteiger partial charge in [-0.15, -0.1) is 0 Å². The van der Waals surface area contributed by atoms with Gasteiger partial charge in [0.05, 0.1) is 21.3 Å². The number of benzene rings is 2. The Balaban J connectivity index is 1.84. The lowest BCUT2D eigenvalue weighted by Crippen LogP contribution is -2.31. The maximum absolute atomic E-state index is 12.1. The molecule has 1 amide bonds. The number of nitrogens with one attached hydrogen (secondary N) is 1. The molecule has 0 heterocycles. The molecule has 1 N–H and O–H groups in total. The van der Waals surface area contributed by atoms with Crippen LogP contribution in [0.3, 0.4) is 0 Å². The molecule has 132 valence electrons. The van der Waals surface area contributed by atoms with Crippen molar-refractivity contribution in [2.75, 3.05) is 19.4 Å². The normalized spacial score (nSPS) is 12.9. The van der Waals surface area contributed by atoms with E-state index in [4.69, 9.17) is 4.74 Å². The Hall–Kier alpha value is -2.47. The smallest absolute Gasteiger partial charge is 0.339 e. The highest BCUT2D eigenvalue weighted by Gasteiger charge is 2.16. The molecule has 0 saturated heterocycles. The van der Waals surface area contributed by atoms with Gasteiger partial charge in [0.25, 0.3) is 5.91 Å². The van der Waals surface area contributed by atoms with E-state index in [9.17, 15) is 13.8 Å². The van der Waals surface area contributed by atoms with E-state index < -0.39 is 16.8 Å². The fourth-order valence-corrected chi connectivity index (χ4v) is 3.04. The zero-order valence-electron chi connectivity index (χ0n) is 14.2. The van der Waals surface area contributed by atoms with Crippen molar-refractivity contribution in [1.29, 1.82) is 0 Å². The van der Waals surface area contributed by atoms with E-state index in [1.54, 1.807) is 18.2 Å². The van der Waals surface area contributed by atoms with Crippen LogP contribution in [0.1, 0.15) is 28.8 Å². The van der Waals surface area contributed by atoms with E-state index in [2.05, 4.69) is 5.32 Å². The Labute approximate surface area is 149 Å². The predicted molar refractivity (Wildman–Crippen MR) is 96.9 cm³/mol. The fraction of sp³-hybridized carbons (Fsp3) is 0.263. The molecular weight excluding hydrogens is 338 g/mol. The van der Waals surface area contributed by atoms with Crippen molar-refractivity contribution in [2.24, 2.45) is 0 Å². The molecule has 2 rings (SSSR count). The summed E-state index contributed by atoms with van der Waals surface area (Å²) in [7, 11) is -1.31. The summed E-state index contributed by atoms with van der Waals surface area (Å²) in [5, 5.41) is 2.75. The van der Waals surface area contributed by atoms with Gasteiger partial charge >= 0.3 is 5.97 Å². The van der Waals surface area contributed by atoms with Crippen molar-refractivity contribution in [3.63, 3.8) is 0 Å². The van der Waals surface area contributed by atoms with Gasteiger partial charge in [0, 0.05) is 12.8 Å². The van der Waals surface area contributed by atoms with Gasteiger partial charge in [-0.25, -0.2) is 4.79 Å². The molecule has 0 aliphatic carbocycles. The highest BCUT2D eigenvalue weighted by atomic mass is 32.2. The molecule has 0 saturated carbocycles. The third-order valence-corrected chi connectivity index (χ3v) is 4.70. The molecule has 0 aromatic heterocycles. The van der Waals surface area contributed by atoms with Crippen LogP contribution in [0, 0.1) is 0 Å². The van der Waals surface area contributed by atoms with Crippen LogP contribution in [0.4, 0.5) is 0 Å². The second-order valence-electron chi connectivity index (χ2n) is 5.64. The van der Waals surface area contributed by atoms with Crippen LogP contribution in [0.25, 0.3) is 0 Å². The molecule has 0 aliphatic heterocycles. The number of amides is 1. The first-order valence-corrected chi connectivity index (χ1v) is 9.46. The van der Waals surface area contributed by atoms with Gasteiger partial charge in [-0.1, -0.05) is 49.4 Å². The molecular formula is C19H21NO4S. The molecule has 2 atom stereocenters. The lowest BCUT2D eigenvalue weighted by atomic mass is 10.0. The summed E-state index contributed by atoms with van der Waals surface area (Å²) >= 11 is 0. The van der Waals surface area contributed by atoms with Gasteiger partial charge in [-0.05, 0) is 23.6 Å². The van der Waals surface area contributed by atoms with E-state index in [1.165, 1.54) is 12.3 Å². The molecule has 0 radical (unpaired) electrons. The SMILES string of the molecule is C[C@H](CNC(=O)COC(=O)c1ccccc1[S@](C)=O)c1ccccc1. The van der Waals surface area contributed by atoms with Crippen LogP contribution in [0.5, 0.6) is 0 Å². The summed E-state index contributed by atoms with van der Waals surface area (Å²) in [5.41, 5.74) is 1.34. The average Bonchev–Trinajstić information content (AvgIpc) is 2.64. The fourth-order valence-electron chi connectivity index (χ4n) is 2.31. The van der Waals surface area contributed by atoms with Crippen molar-refractivity contribution < 1.29 is 18.5 Å². The molecule has 0 fully saturated rings. The maximum atomic E-state index is 12.1. The monoisotopic (exact) mass is 359 g/mol. The number of hydrogen-bond donors (Lipinski definition) is 1. The summed E-state index contributed by atoms with van der Waals surface area (Å²) in [6.45, 7) is 2.09. The lowest BCUT2D eigenvalue weighted by Gasteiger charge is -2.13. The van der Waals surface area contributed by atoms with E-state index in [0.717, 1.165) is 5.56 Å². The van der Waals surface area contributed by atoms with E-state index >= 15 is 0 Å². The summed E-state index contributed by atoms with van der Waals surface area (Å²) in [6, 6.07) is 16.3. The highest BCUT2D eigenvalue weighted by molar-refractivity contribution is 7.84.